The molecule has 1 rings (SSSR count). The Labute approximate surface area is 210 Å². The summed E-state index contributed by atoms with van der Waals surface area (Å²) in [6.07, 6.45) is -0.226. The van der Waals surface area contributed by atoms with Gasteiger partial charge in [-0.1, -0.05) is 39.8 Å². The van der Waals surface area contributed by atoms with Crippen molar-refractivity contribution in [1.29, 1.82) is 0 Å². The highest BCUT2D eigenvalue weighted by Crippen LogP contribution is 2.12. The van der Waals surface area contributed by atoms with E-state index in [1.165, 1.54) is 24.3 Å². The van der Waals surface area contributed by atoms with Crippen LogP contribution >= 0.6 is 0 Å². The zero-order valence-corrected chi connectivity index (χ0v) is 21.0. The van der Waals surface area contributed by atoms with Crippen LogP contribution in [0.2, 0.25) is 0 Å². The van der Waals surface area contributed by atoms with Gasteiger partial charge in [0.25, 0.3) is 0 Å². The molecule has 9 N–H and O–H groups in total. The molecule has 4 unspecified atom stereocenters. The predicted molar refractivity (Wildman–Crippen MR) is 131 cm³/mol. The Bertz CT molecular complexity index is 933. The lowest BCUT2D eigenvalue weighted by atomic mass is 10.00. The Morgan fingerprint density at radius 2 is 1.42 bits per heavy atom. The van der Waals surface area contributed by atoms with Crippen molar-refractivity contribution in [2.24, 2.45) is 23.3 Å². The van der Waals surface area contributed by atoms with Gasteiger partial charge < -0.3 is 37.6 Å². The molecule has 0 aliphatic rings. The molecule has 0 spiro atoms. The van der Waals surface area contributed by atoms with Crippen LogP contribution < -0.4 is 27.4 Å². The molecule has 0 aliphatic carbocycles. The molecule has 12 heteroatoms. The highest BCUT2D eigenvalue weighted by atomic mass is 16.4. The molecule has 1 aromatic carbocycles. The summed E-state index contributed by atoms with van der Waals surface area (Å²) in [5.74, 6) is -4.71. The first-order valence-corrected chi connectivity index (χ1v) is 11.7. The van der Waals surface area contributed by atoms with Gasteiger partial charge in [-0.05, 0) is 36.0 Å². The molecule has 0 bridgehead atoms. The highest BCUT2D eigenvalue weighted by molar-refractivity contribution is 5.96. The lowest BCUT2D eigenvalue weighted by Gasteiger charge is -2.27. The summed E-state index contributed by atoms with van der Waals surface area (Å²) in [5, 5.41) is 26.3. The van der Waals surface area contributed by atoms with Crippen molar-refractivity contribution >= 4 is 29.6 Å². The van der Waals surface area contributed by atoms with Gasteiger partial charge in [-0.15, -0.1) is 0 Å². The minimum Gasteiger partial charge on any atom is -0.508 e. The van der Waals surface area contributed by atoms with Crippen molar-refractivity contribution in [1.82, 2.24) is 16.0 Å². The minimum atomic E-state index is -1.37. The lowest BCUT2D eigenvalue weighted by molar-refractivity contribution is -0.142. The number of aliphatic carboxylic acids is 1. The zero-order chi connectivity index (χ0) is 27.6. The van der Waals surface area contributed by atoms with Gasteiger partial charge in [-0.3, -0.25) is 19.2 Å². The number of rotatable bonds is 14. The molecule has 0 radical (unpaired) electrons. The number of carboxylic acids is 1. The summed E-state index contributed by atoms with van der Waals surface area (Å²) in [4.78, 5) is 61.6. The number of carbonyl (C=O) groups excluding carboxylic acids is 4. The van der Waals surface area contributed by atoms with Gasteiger partial charge in [0, 0.05) is 6.42 Å². The largest absolute Gasteiger partial charge is 0.508 e. The van der Waals surface area contributed by atoms with Crippen LogP contribution in [0.1, 0.15) is 46.1 Å². The van der Waals surface area contributed by atoms with E-state index in [-0.39, 0.29) is 18.1 Å². The minimum absolute atomic E-state index is 0.0139. The maximum absolute atomic E-state index is 12.9. The molecule has 0 fully saturated rings. The second-order valence-corrected chi connectivity index (χ2v) is 9.47. The number of phenolic OH excluding ortho intramolecular Hbond substituents is 1. The monoisotopic (exact) mass is 507 g/mol. The molecule has 0 heterocycles. The van der Waals surface area contributed by atoms with E-state index in [1.54, 1.807) is 13.8 Å². The molecule has 12 nitrogen and oxygen atoms in total. The van der Waals surface area contributed by atoms with E-state index in [0.29, 0.717) is 12.0 Å². The van der Waals surface area contributed by atoms with E-state index in [9.17, 15) is 34.2 Å². The first-order valence-electron chi connectivity index (χ1n) is 11.7. The van der Waals surface area contributed by atoms with Crippen molar-refractivity contribution in [2.45, 2.75) is 71.1 Å². The van der Waals surface area contributed by atoms with Crippen LogP contribution in [0.15, 0.2) is 24.3 Å². The number of hydrogen-bond acceptors (Lipinski definition) is 7. The van der Waals surface area contributed by atoms with E-state index in [1.807, 2.05) is 13.8 Å². The quantitative estimate of drug-likeness (QED) is 0.172. The lowest BCUT2D eigenvalue weighted by Crippen LogP contribution is -2.59. The number of primary amides is 1. The van der Waals surface area contributed by atoms with Gasteiger partial charge in [-0.2, -0.15) is 0 Å². The Morgan fingerprint density at radius 1 is 0.861 bits per heavy atom. The molecular formula is C24H37N5O7. The summed E-state index contributed by atoms with van der Waals surface area (Å²) in [7, 11) is 0. The maximum atomic E-state index is 12.9. The van der Waals surface area contributed by atoms with Crippen molar-refractivity contribution < 1.29 is 34.2 Å². The number of hydrogen-bond donors (Lipinski definition) is 7. The van der Waals surface area contributed by atoms with Crippen LogP contribution in [0, 0.1) is 11.8 Å². The van der Waals surface area contributed by atoms with Crippen LogP contribution in [0.3, 0.4) is 0 Å². The predicted octanol–water partition coefficient (Wildman–Crippen LogP) is -0.621. The van der Waals surface area contributed by atoms with E-state index in [4.69, 9.17) is 11.5 Å². The first-order chi connectivity index (χ1) is 16.7. The van der Waals surface area contributed by atoms with Gasteiger partial charge in [0.15, 0.2) is 0 Å². The Hall–Kier alpha value is -3.67. The van der Waals surface area contributed by atoms with E-state index in [0.717, 1.165) is 0 Å². The third-order valence-electron chi connectivity index (χ3n) is 5.34. The zero-order valence-electron chi connectivity index (χ0n) is 21.0. The van der Waals surface area contributed by atoms with E-state index in [2.05, 4.69) is 16.0 Å². The van der Waals surface area contributed by atoms with E-state index < -0.39 is 66.1 Å². The summed E-state index contributed by atoms with van der Waals surface area (Å²) < 4.78 is 0. The number of benzene rings is 1. The summed E-state index contributed by atoms with van der Waals surface area (Å²) in [5.41, 5.74) is 11.7. The van der Waals surface area contributed by atoms with Gasteiger partial charge in [-0.25, -0.2) is 4.79 Å². The first kappa shape index (κ1) is 30.4. The standard InChI is InChI=1S/C24H37N5O7/c1-12(2)9-16(25)21(32)27-17(11-19(26)31)22(33)29-20(13(3)4)23(34)28-18(24(35)36)10-14-5-7-15(30)8-6-14/h5-8,12-13,16-18,20,30H,9-11,25H2,1-4H3,(H2,26,31)(H,27,32)(H,28,34)(H,29,33)(H,35,36). The SMILES string of the molecule is CC(C)CC(N)C(=O)NC(CC(N)=O)C(=O)NC(C(=O)NC(Cc1ccc(O)cc1)C(=O)O)C(C)C. The molecule has 1 aromatic rings. The molecule has 4 amide bonds. The highest BCUT2D eigenvalue weighted by Gasteiger charge is 2.32. The summed E-state index contributed by atoms with van der Waals surface area (Å²) in [6, 6.07) is 1.09. The molecule has 0 saturated heterocycles. The molecule has 0 saturated carbocycles. The summed E-state index contributed by atoms with van der Waals surface area (Å²) in [6.45, 7) is 7.03. The number of nitrogens with one attached hydrogen (secondary N) is 3. The fourth-order valence-electron chi connectivity index (χ4n) is 3.42. The van der Waals surface area contributed by atoms with Crippen LogP contribution in [0.4, 0.5) is 0 Å². The van der Waals surface area contributed by atoms with Crippen LogP contribution in [-0.2, 0) is 30.4 Å². The van der Waals surface area contributed by atoms with Crippen LogP contribution in [-0.4, -0.2) is 64.0 Å². The number of carbonyl (C=O) groups is 5. The summed E-state index contributed by atoms with van der Waals surface area (Å²) >= 11 is 0. The van der Waals surface area contributed by atoms with Gasteiger partial charge >= 0.3 is 5.97 Å². The number of phenols is 1. The average molecular weight is 508 g/mol. The van der Waals surface area contributed by atoms with Crippen molar-refractivity contribution in [2.75, 3.05) is 0 Å². The van der Waals surface area contributed by atoms with Crippen molar-refractivity contribution in [3.8, 4) is 5.75 Å². The second-order valence-electron chi connectivity index (χ2n) is 9.47. The number of carboxylic acid groups (broad SMARTS) is 1. The molecule has 200 valence electrons. The number of nitrogens with two attached hydrogens (primary N) is 2. The Morgan fingerprint density at radius 3 is 1.89 bits per heavy atom. The van der Waals surface area contributed by atoms with Crippen molar-refractivity contribution in [3.05, 3.63) is 29.8 Å². The smallest absolute Gasteiger partial charge is 0.326 e. The van der Waals surface area contributed by atoms with Crippen LogP contribution in [0.25, 0.3) is 0 Å². The molecular weight excluding hydrogens is 470 g/mol. The normalized spacial score (nSPS) is 14.4. The van der Waals surface area contributed by atoms with Gasteiger partial charge in [0.2, 0.25) is 23.6 Å². The maximum Gasteiger partial charge on any atom is 0.326 e. The van der Waals surface area contributed by atoms with Crippen LogP contribution in [0.5, 0.6) is 5.75 Å². The third kappa shape index (κ3) is 10.3. The van der Waals surface area contributed by atoms with Gasteiger partial charge in [0.1, 0.15) is 23.9 Å². The van der Waals surface area contributed by atoms with Gasteiger partial charge in [0.05, 0.1) is 12.5 Å². The molecule has 36 heavy (non-hydrogen) atoms. The number of aromatic hydroxyl groups is 1. The molecule has 0 aliphatic heterocycles. The fourth-order valence-corrected chi connectivity index (χ4v) is 3.42. The Balaban J connectivity index is 2.97. The second kappa shape index (κ2) is 14.0. The molecule has 0 aromatic heterocycles. The van der Waals surface area contributed by atoms with E-state index >= 15 is 0 Å². The average Bonchev–Trinajstić information content (AvgIpc) is 2.76. The third-order valence-corrected chi connectivity index (χ3v) is 5.34. The fraction of sp³-hybridized carbons (Fsp3) is 0.542. The Kier molecular flexibility index (Phi) is 11.8. The van der Waals surface area contributed by atoms with Crippen molar-refractivity contribution in [3.63, 3.8) is 0 Å². The number of amides is 4. The topological polar surface area (TPSA) is 214 Å². The molecule has 4 atom stereocenters.